The molecule has 2 aromatic rings. The number of halogens is 2. The maximum absolute atomic E-state index is 13.5. The fourth-order valence-corrected chi connectivity index (χ4v) is 2.32. The molecule has 3 nitrogen and oxygen atoms in total. The maximum Gasteiger partial charge on any atom is 0.129 e. The van der Waals surface area contributed by atoms with Crippen LogP contribution >= 0.6 is 15.9 Å². The molecule has 2 N–H and O–H groups in total. The third-order valence-electron chi connectivity index (χ3n) is 2.87. The van der Waals surface area contributed by atoms with Gasteiger partial charge in [0.2, 0.25) is 0 Å². The summed E-state index contributed by atoms with van der Waals surface area (Å²) in [4.78, 5) is 0. The summed E-state index contributed by atoms with van der Waals surface area (Å²) in [5.74, 6) is 0.288. The lowest BCUT2D eigenvalue weighted by molar-refractivity contribution is 0.186. The zero-order valence-electron chi connectivity index (χ0n) is 10.9. The number of hydrogen-bond donors (Lipinski definition) is 2. The molecule has 0 radical (unpaired) electrons. The van der Waals surface area contributed by atoms with Gasteiger partial charge in [-0.1, -0.05) is 34.1 Å². The van der Waals surface area contributed by atoms with Crippen LogP contribution in [0.3, 0.4) is 0 Å². The van der Waals surface area contributed by atoms with Crippen molar-refractivity contribution in [3.05, 3.63) is 58.3 Å². The van der Waals surface area contributed by atoms with Gasteiger partial charge in [0.1, 0.15) is 11.6 Å². The molecule has 2 aromatic carbocycles. The molecule has 106 valence electrons. The smallest absolute Gasteiger partial charge is 0.129 e. The molecule has 2 rings (SSSR count). The lowest BCUT2D eigenvalue weighted by atomic mass is 10.1. The molecule has 0 heterocycles. The van der Waals surface area contributed by atoms with Crippen molar-refractivity contribution in [2.75, 3.05) is 19.0 Å². The van der Waals surface area contributed by atoms with E-state index >= 15 is 0 Å². The fourth-order valence-electron chi connectivity index (χ4n) is 1.85. The molecule has 0 bridgehead atoms. The molecule has 0 spiro atoms. The topological polar surface area (TPSA) is 41.5 Å². The zero-order chi connectivity index (χ0) is 14.5. The summed E-state index contributed by atoms with van der Waals surface area (Å²) in [7, 11) is 1.58. The monoisotopic (exact) mass is 339 g/mol. The second-order valence-electron chi connectivity index (χ2n) is 4.30. The summed E-state index contributed by atoms with van der Waals surface area (Å²) in [6.45, 7) is 0.209. The Hall–Kier alpha value is -1.59. The average molecular weight is 340 g/mol. The van der Waals surface area contributed by atoms with E-state index in [1.165, 1.54) is 6.07 Å². The first kappa shape index (κ1) is 14.8. The highest BCUT2D eigenvalue weighted by atomic mass is 79.9. The summed E-state index contributed by atoms with van der Waals surface area (Å²) in [5, 5.41) is 13.1. The summed E-state index contributed by atoms with van der Waals surface area (Å²) in [6.07, 6.45) is -0.916. The van der Waals surface area contributed by atoms with Crippen LogP contribution < -0.4 is 10.1 Å². The standard InChI is InChI=1S/C15H15BrFNO2/c1-20-12-7-10(16)6-11(8-12)18-9-15(19)13-4-2-3-5-14(13)17/h2-8,15,18-19H,9H2,1H3. The first-order valence-electron chi connectivity index (χ1n) is 6.11. The van der Waals surface area contributed by atoms with Crippen LogP contribution in [0.25, 0.3) is 0 Å². The largest absolute Gasteiger partial charge is 0.497 e. The number of anilines is 1. The molecule has 20 heavy (non-hydrogen) atoms. The molecule has 0 aliphatic carbocycles. The first-order chi connectivity index (χ1) is 9.60. The SMILES string of the molecule is COc1cc(Br)cc(NCC(O)c2ccccc2F)c1. The van der Waals surface area contributed by atoms with Gasteiger partial charge < -0.3 is 15.2 Å². The Morgan fingerprint density at radius 2 is 2.05 bits per heavy atom. The van der Waals surface area contributed by atoms with E-state index in [1.807, 2.05) is 12.1 Å². The van der Waals surface area contributed by atoms with Gasteiger partial charge in [-0.05, 0) is 18.2 Å². The van der Waals surface area contributed by atoms with Crippen molar-refractivity contribution >= 4 is 21.6 Å². The van der Waals surface area contributed by atoms with Crippen LogP contribution in [-0.2, 0) is 0 Å². The van der Waals surface area contributed by atoms with E-state index in [0.29, 0.717) is 5.75 Å². The molecule has 0 saturated carbocycles. The van der Waals surface area contributed by atoms with Crippen LogP contribution in [0.1, 0.15) is 11.7 Å². The number of nitrogens with one attached hydrogen (secondary N) is 1. The highest BCUT2D eigenvalue weighted by Gasteiger charge is 2.12. The molecule has 0 aliphatic rings. The molecule has 0 fully saturated rings. The minimum Gasteiger partial charge on any atom is -0.497 e. The van der Waals surface area contributed by atoms with Crippen LogP contribution in [0.4, 0.5) is 10.1 Å². The van der Waals surface area contributed by atoms with Crippen LogP contribution in [0, 0.1) is 5.82 Å². The van der Waals surface area contributed by atoms with Crippen LogP contribution in [-0.4, -0.2) is 18.8 Å². The van der Waals surface area contributed by atoms with E-state index in [4.69, 9.17) is 4.74 Å². The number of rotatable bonds is 5. The normalized spacial score (nSPS) is 12.0. The van der Waals surface area contributed by atoms with Gasteiger partial charge in [0.15, 0.2) is 0 Å². The number of aliphatic hydroxyl groups is 1. The summed E-state index contributed by atoms with van der Waals surface area (Å²) in [6, 6.07) is 11.7. The minimum absolute atomic E-state index is 0.209. The van der Waals surface area contributed by atoms with Crippen molar-refractivity contribution < 1.29 is 14.2 Å². The minimum atomic E-state index is -0.916. The molecule has 0 aromatic heterocycles. The van der Waals surface area contributed by atoms with Gasteiger partial charge in [-0.25, -0.2) is 4.39 Å². The third kappa shape index (κ3) is 3.71. The van der Waals surface area contributed by atoms with E-state index in [9.17, 15) is 9.50 Å². The second kappa shape index (κ2) is 6.72. The Kier molecular flexibility index (Phi) is 4.98. The molecule has 0 aliphatic heterocycles. The number of hydrogen-bond acceptors (Lipinski definition) is 3. The highest BCUT2D eigenvalue weighted by Crippen LogP contribution is 2.25. The average Bonchev–Trinajstić information content (AvgIpc) is 2.44. The number of aliphatic hydroxyl groups excluding tert-OH is 1. The maximum atomic E-state index is 13.5. The van der Waals surface area contributed by atoms with Gasteiger partial charge in [-0.15, -0.1) is 0 Å². The molecular weight excluding hydrogens is 325 g/mol. The Morgan fingerprint density at radius 3 is 2.75 bits per heavy atom. The Labute approximate surface area is 125 Å². The Balaban J connectivity index is 2.05. The molecule has 0 saturated heterocycles. The molecule has 5 heteroatoms. The summed E-state index contributed by atoms with van der Waals surface area (Å²) < 4.78 is 19.5. The molecule has 1 atom stereocenters. The van der Waals surface area contributed by atoms with Gasteiger partial charge in [0.05, 0.1) is 13.2 Å². The lowest BCUT2D eigenvalue weighted by Crippen LogP contribution is -2.13. The van der Waals surface area contributed by atoms with Crippen molar-refractivity contribution in [3.8, 4) is 5.75 Å². The van der Waals surface area contributed by atoms with Crippen molar-refractivity contribution in [3.63, 3.8) is 0 Å². The summed E-state index contributed by atoms with van der Waals surface area (Å²) in [5.41, 5.74) is 1.06. The van der Waals surface area contributed by atoms with Crippen LogP contribution in [0.15, 0.2) is 46.9 Å². The third-order valence-corrected chi connectivity index (χ3v) is 3.33. The Bertz CT molecular complexity index is 592. The number of ether oxygens (including phenoxy) is 1. The van der Waals surface area contributed by atoms with E-state index in [0.717, 1.165) is 10.2 Å². The predicted octanol–water partition coefficient (Wildman–Crippen LogP) is 3.74. The van der Waals surface area contributed by atoms with Gasteiger partial charge in [-0.3, -0.25) is 0 Å². The number of methoxy groups -OCH3 is 1. The van der Waals surface area contributed by atoms with E-state index in [1.54, 1.807) is 31.4 Å². The van der Waals surface area contributed by atoms with E-state index in [-0.39, 0.29) is 12.1 Å². The van der Waals surface area contributed by atoms with Crippen molar-refractivity contribution in [1.29, 1.82) is 0 Å². The second-order valence-corrected chi connectivity index (χ2v) is 5.21. The molecular formula is C15H15BrFNO2. The van der Waals surface area contributed by atoms with Crippen LogP contribution in [0.5, 0.6) is 5.75 Å². The summed E-state index contributed by atoms with van der Waals surface area (Å²) >= 11 is 3.37. The van der Waals surface area contributed by atoms with Crippen molar-refractivity contribution in [2.45, 2.75) is 6.10 Å². The van der Waals surface area contributed by atoms with Gasteiger partial charge in [0, 0.05) is 28.3 Å². The fraction of sp³-hybridized carbons (Fsp3) is 0.200. The predicted molar refractivity (Wildman–Crippen MR) is 80.5 cm³/mol. The quantitative estimate of drug-likeness (QED) is 0.871. The van der Waals surface area contributed by atoms with Crippen molar-refractivity contribution in [2.24, 2.45) is 0 Å². The number of benzene rings is 2. The highest BCUT2D eigenvalue weighted by molar-refractivity contribution is 9.10. The van der Waals surface area contributed by atoms with Gasteiger partial charge >= 0.3 is 0 Å². The van der Waals surface area contributed by atoms with Crippen LogP contribution in [0.2, 0.25) is 0 Å². The van der Waals surface area contributed by atoms with Gasteiger partial charge in [0.25, 0.3) is 0 Å². The first-order valence-corrected chi connectivity index (χ1v) is 6.90. The Morgan fingerprint density at radius 1 is 1.30 bits per heavy atom. The zero-order valence-corrected chi connectivity index (χ0v) is 12.5. The van der Waals surface area contributed by atoms with Crippen molar-refractivity contribution in [1.82, 2.24) is 0 Å². The molecule has 0 amide bonds. The van der Waals surface area contributed by atoms with E-state index in [2.05, 4.69) is 21.2 Å². The van der Waals surface area contributed by atoms with E-state index < -0.39 is 11.9 Å². The van der Waals surface area contributed by atoms with Gasteiger partial charge in [-0.2, -0.15) is 0 Å². The lowest BCUT2D eigenvalue weighted by Gasteiger charge is -2.14. The molecule has 1 unspecified atom stereocenters.